The van der Waals surface area contributed by atoms with Crippen molar-refractivity contribution in [3.05, 3.63) is 0 Å². The van der Waals surface area contributed by atoms with Crippen LogP contribution >= 0.6 is 0 Å². The number of amides is 1. The van der Waals surface area contributed by atoms with Crippen molar-refractivity contribution in [3.63, 3.8) is 0 Å². The third-order valence-corrected chi connectivity index (χ3v) is 2.00. The number of hydrazine groups is 1. The molecule has 1 saturated heterocycles. The van der Waals surface area contributed by atoms with E-state index in [9.17, 15) is 19.8 Å². The Kier molecular flexibility index (Phi) is 2.74. The van der Waals surface area contributed by atoms with Crippen LogP contribution in [0.5, 0.6) is 0 Å². The van der Waals surface area contributed by atoms with Crippen molar-refractivity contribution in [2.45, 2.75) is 18.8 Å². The highest BCUT2D eigenvalue weighted by molar-refractivity contribution is 5.94. The molecule has 1 aliphatic rings. The zero-order valence-electron chi connectivity index (χ0n) is 7.85. The van der Waals surface area contributed by atoms with Gasteiger partial charge < -0.3 is 14.9 Å². The number of likely N-dealkylation sites (N-methyl/N-ethyl adjacent to an activating group) is 1. The SMILES string of the molecule is CCN1NC(C(=O)OC)C(O)(O)C1=O. The van der Waals surface area contributed by atoms with E-state index >= 15 is 0 Å². The van der Waals surface area contributed by atoms with Gasteiger partial charge in [-0.2, -0.15) is 0 Å². The molecule has 3 N–H and O–H groups in total. The van der Waals surface area contributed by atoms with Crippen LogP contribution in [-0.2, 0) is 14.3 Å². The second kappa shape index (κ2) is 3.52. The second-order valence-electron chi connectivity index (χ2n) is 2.86. The van der Waals surface area contributed by atoms with Crippen molar-refractivity contribution in [1.82, 2.24) is 10.4 Å². The number of ether oxygens (including phenoxy) is 1. The molecule has 1 amide bonds. The Hall–Kier alpha value is -1.18. The molecule has 0 spiro atoms. The van der Waals surface area contributed by atoms with E-state index in [0.717, 1.165) is 12.1 Å². The van der Waals surface area contributed by atoms with E-state index < -0.39 is 23.7 Å². The van der Waals surface area contributed by atoms with Gasteiger partial charge in [-0.3, -0.25) is 14.6 Å². The molecular weight excluding hydrogens is 192 g/mol. The minimum absolute atomic E-state index is 0.217. The minimum atomic E-state index is -2.73. The molecule has 14 heavy (non-hydrogen) atoms. The van der Waals surface area contributed by atoms with Crippen LogP contribution in [-0.4, -0.2) is 52.6 Å². The van der Waals surface area contributed by atoms with E-state index in [-0.39, 0.29) is 6.54 Å². The number of nitrogens with one attached hydrogen (secondary N) is 1. The Balaban J connectivity index is 2.90. The number of hydrogen-bond donors (Lipinski definition) is 3. The molecule has 0 aliphatic carbocycles. The second-order valence-corrected chi connectivity index (χ2v) is 2.86. The van der Waals surface area contributed by atoms with Gasteiger partial charge in [-0.1, -0.05) is 0 Å². The first-order valence-electron chi connectivity index (χ1n) is 4.05. The number of aliphatic hydroxyl groups is 2. The van der Waals surface area contributed by atoms with Crippen LogP contribution < -0.4 is 5.43 Å². The maximum atomic E-state index is 11.2. The van der Waals surface area contributed by atoms with Crippen molar-refractivity contribution in [2.24, 2.45) is 0 Å². The fourth-order valence-electron chi connectivity index (χ4n) is 1.20. The summed E-state index contributed by atoms with van der Waals surface area (Å²) in [6.45, 7) is 1.84. The number of carbonyl (C=O) groups excluding carboxylic acids is 2. The summed E-state index contributed by atoms with van der Waals surface area (Å²) >= 11 is 0. The van der Waals surface area contributed by atoms with Crippen LogP contribution in [0.3, 0.4) is 0 Å². The van der Waals surface area contributed by atoms with Gasteiger partial charge in [0.15, 0.2) is 6.04 Å². The number of nitrogens with zero attached hydrogens (tertiary/aromatic N) is 1. The summed E-state index contributed by atoms with van der Waals surface area (Å²) in [6, 6.07) is -1.47. The standard InChI is InChI=1S/C7H12N2O5/c1-3-9-6(11)7(12,13)4(8-9)5(10)14-2/h4,8,12-13H,3H2,1-2H3. The molecule has 1 fully saturated rings. The molecule has 0 radical (unpaired) electrons. The fourth-order valence-corrected chi connectivity index (χ4v) is 1.20. The number of carbonyl (C=O) groups is 2. The van der Waals surface area contributed by atoms with Gasteiger partial charge in [0, 0.05) is 6.54 Å². The molecule has 1 aliphatic heterocycles. The average molecular weight is 204 g/mol. The first kappa shape index (κ1) is 10.9. The summed E-state index contributed by atoms with van der Waals surface area (Å²) in [5, 5.41) is 19.6. The molecule has 7 nitrogen and oxygen atoms in total. The summed E-state index contributed by atoms with van der Waals surface area (Å²) in [7, 11) is 1.10. The van der Waals surface area contributed by atoms with E-state index in [4.69, 9.17) is 0 Å². The Morgan fingerprint density at radius 2 is 2.29 bits per heavy atom. The molecule has 1 unspecified atom stereocenters. The van der Waals surface area contributed by atoms with E-state index in [1.165, 1.54) is 0 Å². The van der Waals surface area contributed by atoms with Crippen LogP contribution in [0.1, 0.15) is 6.92 Å². The molecule has 0 bridgehead atoms. The van der Waals surface area contributed by atoms with Gasteiger partial charge in [-0.15, -0.1) is 0 Å². The quantitative estimate of drug-likeness (QED) is 0.342. The Morgan fingerprint density at radius 1 is 1.71 bits per heavy atom. The third-order valence-electron chi connectivity index (χ3n) is 2.00. The third kappa shape index (κ3) is 1.45. The molecule has 1 heterocycles. The predicted molar refractivity (Wildman–Crippen MR) is 43.5 cm³/mol. The highest BCUT2D eigenvalue weighted by Crippen LogP contribution is 2.18. The topological polar surface area (TPSA) is 99.1 Å². The average Bonchev–Trinajstić information content (AvgIpc) is 2.38. The first-order chi connectivity index (χ1) is 6.45. The highest BCUT2D eigenvalue weighted by atomic mass is 16.5. The van der Waals surface area contributed by atoms with Crippen molar-refractivity contribution in [3.8, 4) is 0 Å². The molecular formula is C7H12N2O5. The van der Waals surface area contributed by atoms with Crippen LogP contribution in [0.2, 0.25) is 0 Å². The summed E-state index contributed by atoms with van der Waals surface area (Å²) in [6.07, 6.45) is 0. The Labute approximate surface area is 80.2 Å². The molecule has 80 valence electrons. The van der Waals surface area contributed by atoms with Crippen LogP contribution in [0.15, 0.2) is 0 Å². The molecule has 0 aromatic rings. The van der Waals surface area contributed by atoms with E-state index in [0.29, 0.717) is 0 Å². The zero-order valence-corrected chi connectivity index (χ0v) is 7.85. The van der Waals surface area contributed by atoms with Crippen molar-refractivity contribution >= 4 is 11.9 Å². The molecule has 1 atom stereocenters. The van der Waals surface area contributed by atoms with Crippen molar-refractivity contribution in [2.75, 3.05) is 13.7 Å². The number of esters is 1. The van der Waals surface area contributed by atoms with Gasteiger partial charge in [0.1, 0.15) is 0 Å². The van der Waals surface area contributed by atoms with Crippen LogP contribution in [0.25, 0.3) is 0 Å². The smallest absolute Gasteiger partial charge is 0.330 e. The Morgan fingerprint density at radius 3 is 2.64 bits per heavy atom. The lowest BCUT2D eigenvalue weighted by atomic mass is 10.1. The van der Waals surface area contributed by atoms with Gasteiger partial charge in [0.2, 0.25) is 0 Å². The number of hydrogen-bond acceptors (Lipinski definition) is 6. The van der Waals surface area contributed by atoms with Gasteiger partial charge in [-0.05, 0) is 6.92 Å². The molecule has 1 rings (SSSR count). The lowest BCUT2D eigenvalue weighted by Gasteiger charge is -2.16. The maximum Gasteiger partial charge on any atom is 0.330 e. The summed E-state index contributed by atoms with van der Waals surface area (Å²) in [4.78, 5) is 22.3. The van der Waals surface area contributed by atoms with Crippen molar-refractivity contribution in [1.29, 1.82) is 0 Å². The van der Waals surface area contributed by atoms with Crippen LogP contribution in [0, 0.1) is 0 Å². The van der Waals surface area contributed by atoms with E-state index in [1.807, 2.05) is 0 Å². The van der Waals surface area contributed by atoms with E-state index in [1.54, 1.807) is 6.92 Å². The summed E-state index contributed by atoms with van der Waals surface area (Å²) in [5.41, 5.74) is 2.34. The van der Waals surface area contributed by atoms with Gasteiger partial charge >= 0.3 is 5.97 Å². The molecule has 0 aromatic carbocycles. The molecule has 7 heteroatoms. The maximum absolute atomic E-state index is 11.2. The van der Waals surface area contributed by atoms with Crippen molar-refractivity contribution < 1.29 is 24.5 Å². The normalized spacial score (nSPS) is 25.3. The molecule has 0 aromatic heterocycles. The highest BCUT2D eigenvalue weighted by Gasteiger charge is 2.56. The number of methoxy groups -OCH3 is 1. The van der Waals surface area contributed by atoms with Gasteiger partial charge in [0.25, 0.3) is 11.7 Å². The largest absolute Gasteiger partial charge is 0.468 e. The number of rotatable bonds is 2. The monoisotopic (exact) mass is 204 g/mol. The lowest BCUT2D eigenvalue weighted by Crippen LogP contribution is -2.51. The summed E-state index contributed by atoms with van der Waals surface area (Å²) in [5.74, 6) is -4.60. The van der Waals surface area contributed by atoms with Gasteiger partial charge in [0.05, 0.1) is 7.11 Å². The summed E-state index contributed by atoms with van der Waals surface area (Å²) < 4.78 is 4.31. The predicted octanol–water partition coefficient (Wildman–Crippen LogP) is -2.42. The Bertz CT molecular complexity index is 265. The minimum Gasteiger partial charge on any atom is -0.468 e. The fraction of sp³-hybridized carbons (Fsp3) is 0.714. The lowest BCUT2D eigenvalue weighted by molar-refractivity contribution is -0.193. The first-order valence-corrected chi connectivity index (χ1v) is 4.05. The van der Waals surface area contributed by atoms with Gasteiger partial charge in [-0.25, -0.2) is 5.43 Å². The van der Waals surface area contributed by atoms with Crippen LogP contribution in [0.4, 0.5) is 0 Å². The molecule has 0 saturated carbocycles. The van der Waals surface area contributed by atoms with E-state index in [2.05, 4.69) is 10.2 Å². The zero-order chi connectivity index (χ0) is 10.9.